The summed E-state index contributed by atoms with van der Waals surface area (Å²) >= 11 is 5.54. The van der Waals surface area contributed by atoms with E-state index in [1.807, 2.05) is 0 Å². The van der Waals surface area contributed by atoms with E-state index in [-0.39, 0.29) is 0 Å². The smallest absolute Gasteiger partial charge is 0.0276 e. The second-order valence-electron chi connectivity index (χ2n) is 6.24. The third-order valence-corrected chi connectivity index (χ3v) is 10.6. The number of alkyl halides is 2. The molecule has 1 unspecified atom stereocenters. The fourth-order valence-electron chi connectivity index (χ4n) is 3.95. The zero-order valence-corrected chi connectivity index (χ0v) is 14.5. The summed E-state index contributed by atoms with van der Waals surface area (Å²) in [4.78, 5) is 0. The van der Waals surface area contributed by atoms with E-state index in [2.05, 4.69) is 72.9 Å². The van der Waals surface area contributed by atoms with Crippen molar-refractivity contribution in [2.45, 2.75) is 54.3 Å². The third kappa shape index (κ3) is 1.80. The van der Waals surface area contributed by atoms with Crippen molar-refractivity contribution in [1.82, 2.24) is 0 Å². The number of fused-ring (bicyclic) bond motifs is 4. The number of hydrogen-bond donors (Lipinski definition) is 0. The number of rotatable bonds is 0. The van der Waals surface area contributed by atoms with Crippen LogP contribution in [0.3, 0.4) is 0 Å². The second-order valence-corrected chi connectivity index (χ2v) is 9.59. The van der Waals surface area contributed by atoms with E-state index in [0.717, 1.165) is 21.7 Å². The molecule has 0 amide bonds. The van der Waals surface area contributed by atoms with Gasteiger partial charge in [-0.2, -0.15) is 0 Å². The Hall–Kier alpha value is 1.46. The molecule has 0 N–H and O–H groups in total. The number of hydrogen-bond acceptors (Lipinski definition) is 0. The molecule has 0 aliphatic heterocycles. The van der Waals surface area contributed by atoms with E-state index in [1.165, 1.54) is 19.3 Å². The summed E-state index contributed by atoms with van der Waals surface area (Å²) in [5.41, 5.74) is 0.610. The molecule has 3 aliphatic rings. The highest BCUT2D eigenvalue weighted by Crippen LogP contribution is 2.61. The predicted octanol–water partition coefficient (Wildman–Crippen LogP) is 5.08. The largest absolute Gasteiger partial charge is 0.0817 e. The minimum atomic E-state index is 0.580. The molecule has 0 aromatic heterocycles. The summed E-state index contributed by atoms with van der Waals surface area (Å²) in [6.07, 6.45) is 4.33. The lowest BCUT2D eigenvalue weighted by Gasteiger charge is -2.45. The van der Waals surface area contributed by atoms with Gasteiger partial charge in [0.15, 0.2) is 0 Å². The molecular formula is C13H22I2. The SMILES string of the molecule is C[C@H]1[C@@H](C)C2(I)CC[C@](C)(C[C@@H]2C)[C@H]1I. The Morgan fingerprint density at radius 3 is 2.27 bits per heavy atom. The Balaban J connectivity index is 2.43. The van der Waals surface area contributed by atoms with Gasteiger partial charge in [-0.3, -0.25) is 0 Å². The van der Waals surface area contributed by atoms with Crippen molar-refractivity contribution in [2.75, 3.05) is 0 Å². The molecule has 0 aromatic rings. The summed E-state index contributed by atoms with van der Waals surface area (Å²) in [7, 11) is 0. The van der Waals surface area contributed by atoms with Crippen LogP contribution in [0.4, 0.5) is 0 Å². The highest BCUT2D eigenvalue weighted by Gasteiger charge is 2.55. The Morgan fingerprint density at radius 1 is 1.13 bits per heavy atom. The van der Waals surface area contributed by atoms with Crippen LogP contribution < -0.4 is 0 Å². The van der Waals surface area contributed by atoms with Crippen molar-refractivity contribution in [1.29, 1.82) is 0 Å². The Morgan fingerprint density at radius 2 is 1.73 bits per heavy atom. The van der Waals surface area contributed by atoms with Crippen LogP contribution in [0.1, 0.15) is 47.0 Å². The van der Waals surface area contributed by atoms with Gasteiger partial charge >= 0.3 is 0 Å². The molecule has 3 aliphatic carbocycles. The van der Waals surface area contributed by atoms with Crippen molar-refractivity contribution in [3.8, 4) is 0 Å². The molecule has 0 saturated heterocycles. The van der Waals surface area contributed by atoms with Crippen LogP contribution in [0.25, 0.3) is 0 Å². The van der Waals surface area contributed by atoms with Gasteiger partial charge in [-0.15, -0.1) is 0 Å². The maximum atomic E-state index is 2.80. The minimum absolute atomic E-state index is 0.580. The standard InChI is InChI=1S/C13H22I2/c1-8-7-12(4)5-6-13(8,15)10(3)9(2)11(12)14/h8-11H,5-7H2,1-4H3/t8-,9-,10+,11-,12+,13?/m0/s1. The fraction of sp³-hybridized carbons (Fsp3) is 1.00. The molecule has 3 fully saturated rings. The molecule has 0 aromatic carbocycles. The molecular weight excluding hydrogens is 410 g/mol. The molecule has 3 rings (SSSR count). The van der Waals surface area contributed by atoms with Crippen LogP contribution in [0.15, 0.2) is 0 Å². The number of halogens is 2. The van der Waals surface area contributed by atoms with E-state index in [9.17, 15) is 0 Å². The molecule has 15 heavy (non-hydrogen) atoms. The van der Waals surface area contributed by atoms with Gasteiger partial charge in [0.05, 0.1) is 0 Å². The normalized spacial score (nSPS) is 60.4. The lowest BCUT2D eigenvalue weighted by Crippen LogP contribution is -2.41. The van der Waals surface area contributed by atoms with Crippen LogP contribution in [0.5, 0.6) is 0 Å². The zero-order valence-electron chi connectivity index (χ0n) is 10.2. The third-order valence-electron chi connectivity index (χ3n) is 5.34. The molecule has 0 radical (unpaired) electrons. The molecule has 0 nitrogen and oxygen atoms in total. The van der Waals surface area contributed by atoms with Gasteiger partial charge in [0, 0.05) is 7.35 Å². The maximum absolute atomic E-state index is 2.80. The van der Waals surface area contributed by atoms with Gasteiger partial charge in [-0.05, 0) is 42.4 Å². The van der Waals surface area contributed by atoms with Crippen molar-refractivity contribution in [3.63, 3.8) is 0 Å². The summed E-state index contributed by atoms with van der Waals surface area (Å²) < 4.78 is 1.45. The first-order valence-electron chi connectivity index (χ1n) is 6.14. The molecule has 6 atom stereocenters. The van der Waals surface area contributed by atoms with Gasteiger partial charge in [0.1, 0.15) is 0 Å². The van der Waals surface area contributed by atoms with E-state index in [4.69, 9.17) is 0 Å². The van der Waals surface area contributed by atoms with Crippen LogP contribution in [0, 0.1) is 23.2 Å². The van der Waals surface area contributed by atoms with E-state index in [1.54, 1.807) is 0 Å². The van der Waals surface area contributed by atoms with Gasteiger partial charge in [0.25, 0.3) is 0 Å². The quantitative estimate of drug-likeness (QED) is 0.370. The molecule has 0 heterocycles. The minimum Gasteiger partial charge on any atom is -0.0817 e. The van der Waals surface area contributed by atoms with E-state index >= 15 is 0 Å². The van der Waals surface area contributed by atoms with Gasteiger partial charge in [-0.25, -0.2) is 0 Å². The van der Waals surface area contributed by atoms with Crippen molar-refractivity contribution in [3.05, 3.63) is 0 Å². The molecule has 2 heteroatoms. The summed E-state index contributed by atoms with van der Waals surface area (Å²) in [6.45, 7) is 10.0. The Kier molecular flexibility index (Phi) is 3.43. The first-order chi connectivity index (χ1) is 6.81. The summed E-state index contributed by atoms with van der Waals surface area (Å²) in [5, 5.41) is 0. The summed E-state index contributed by atoms with van der Waals surface area (Å²) in [5.74, 6) is 2.65. The lowest BCUT2D eigenvalue weighted by atomic mass is 9.67. The Bertz CT molecular complexity index is 265. The summed E-state index contributed by atoms with van der Waals surface area (Å²) in [6, 6.07) is 0. The molecule has 88 valence electrons. The van der Waals surface area contributed by atoms with Crippen LogP contribution in [-0.2, 0) is 0 Å². The monoisotopic (exact) mass is 432 g/mol. The van der Waals surface area contributed by atoms with E-state index < -0.39 is 0 Å². The average Bonchev–Trinajstić information content (AvgIpc) is 2.27. The van der Waals surface area contributed by atoms with Gasteiger partial charge in [0.2, 0.25) is 0 Å². The highest BCUT2D eigenvalue weighted by molar-refractivity contribution is 14.1. The molecule has 0 spiro atoms. The molecule has 3 saturated carbocycles. The second kappa shape index (κ2) is 3.99. The Labute approximate surface area is 122 Å². The van der Waals surface area contributed by atoms with Crippen molar-refractivity contribution >= 4 is 45.2 Å². The molecule has 2 bridgehead atoms. The first-order valence-corrected chi connectivity index (χ1v) is 8.47. The van der Waals surface area contributed by atoms with E-state index in [0.29, 0.717) is 8.84 Å². The predicted molar refractivity (Wildman–Crippen MR) is 84.0 cm³/mol. The topological polar surface area (TPSA) is 0 Å². The van der Waals surface area contributed by atoms with Gasteiger partial charge < -0.3 is 0 Å². The maximum Gasteiger partial charge on any atom is 0.0276 e. The highest BCUT2D eigenvalue weighted by atomic mass is 127. The van der Waals surface area contributed by atoms with Crippen LogP contribution >= 0.6 is 45.2 Å². The fourth-order valence-corrected chi connectivity index (χ4v) is 6.19. The zero-order chi connectivity index (χ0) is 11.4. The average molecular weight is 432 g/mol. The van der Waals surface area contributed by atoms with Crippen LogP contribution in [0.2, 0.25) is 0 Å². The lowest BCUT2D eigenvalue weighted by molar-refractivity contribution is 0.160. The van der Waals surface area contributed by atoms with Crippen LogP contribution in [-0.4, -0.2) is 7.35 Å². The van der Waals surface area contributed by atoms with Crippen molar-refractivity contribution < 1.29 is 0 Å². The van der Waals surface area contributed by atoms with Gasteiger partial charge in [-0.1, -0.05) is 72.9 Å². The first kappa shape index (κ1) is 12.9. The van der Waals surface area contributed by atoms with Crippen molar-refractivity contribution in [2.24, 2.45) is 23.2 Å².